The van der Waals surface area contributed by atoms with Crippen LogP contribution in [-0.2, 0) is 16.1 Å². The topological polar surface area (TPSA) is 70.1 Å². The van der Waals surface area contributed by atoms with E-state index >= 15 is 0 Å². The van der Waals surface area contributed by atoms with Gasteiger partial charge in [-0.3, -0.25) is 9.48 Å². The maximum atomic E-state index is 11.7. The summed E-state index contributed by atoms with van der Waals surface area (Å²) >= 11 is 0. The van der Waals surface area contributed by atoms with Crippen LogP contribution >= 0.6 is 0 Å². The summed E-state index contributed by atoms with van der Waals surface area (Å²) in [6.45, 7) is 4.14. The average Bonchev–Trinajstić information content (AvgIpc) is 2.86. The van der Waals surface area contributed by atoms with Crippen molar-refractivity contribution in [3.8, 4) is 11.1 Å². The van der Waals surface area contributed by atoms with Gasteiger partial charge in [0.25, 0.3) is 0 Å². The van der Waals surface area contributed by atoms with Crippen LogP contribution in [0.2, 0.25) is 0 Å². The van der Waals surface area contributed by atoms with E-state index in [0.717, 1.165) is 16.8 Å². The first-order chi connectivity index (χ1) is 9.42. The molecule has 0 saturated heterocycles. The van der Waals surface area contributed by atoms with Gasteiger partial charge in [0.15, 0.2) is 0 Å². The molecule has 2 N–H and O–H groups in total. The number of nitrogen functional groups attached to an aromatic ring is 1. The van der Waals surface area contributed by atoms with E-state index < -0.39 is 5.41 Å². The van der Waals surface area contributed by atoms with Gasteiger partial charge in [0.1, 0.15) is 0 Å². The maximum Gasteiger partial charge on any atom is 0.313 e. The van der Waals surface area contributed by atoms with Crippen LogP contribution in [-0.4, -0.2) is 22.9 Å². The zero-order chi connectivity index (χ0) is 14.8. The third-order valence-corrected chi connectivity index (χ3v) is 3.17. The van der Waals surface area contributed by atoms with Crippen molar-refractivity contribution < 1.29 is 9.53 Å². The molecule has 20 heavy (non-hydrogen) atoms. The first-order valence-electron chi connectivity index (χ1n) is 6.39. The molecule has 1 heterocycles. The third kappa shape index (κ3) is 2.99. The molecule has 0 saturated carbocycles. The molecule has 0 aliphatic heterocycles. The lowest BCUT2D eigenvalue weighted by atomic mass is 9.94. The number of rotatable bonds is 4. The fourth-order valence-electron chi connectivity index (χ4n) is 2.02. The molecule has 0 radical (unpaired) electrons. The fraction of sp³-hybridized carbons (Fsp3) is 0.333. The van der Waals surface area contributed by atoms with Gasteiger partial charge in [0, 0.05) is 17.4 Å². The van der Waals surface area contributed by atoms with E-state index in [1.165, 1.54) is 7.11 Å². The van der Waals surface area contributed by atoms with Gasteiger partial charge in [-0.25, -0.2) is 0 Å². The molecule has 0 amide bonds. The van der Waals surface area contributed by atoms with Crippen LogP contribution in [0.15, 0.2) is 36.7 Å². The van der Waals surface area contributed by atoms with Crippen LogP contribution in [0.5, 0.6) is 0 Å². The van der Waals surface area contributed by atoms with Crippen LogP contribution in [0.4, 0.5) is 5.69 Å². The fourth-order valence-corrected chi connectivity index (χ4v) is 2.02. The number of hydrogen-bond acceptors (Lipinski definition) is 4. The SMILES string of the molecule is COC(=O)C(C)(C)Cn1cc(-c2ccc(N)cc2)cn1. The van der Waals surface area contributed by atoms with Gasteiger partial charge in [0.2, 0.25) is 0 Å². The minimum Gasteiger partial charge on any atom is -0.469 e. The lowest BCUT2D eigenvalue weighted by molar-refractivity contribution is -0.151. The number of nitrogens with zero attached hydrogens (tertiary/aromatic N) is 2. The van der Waals surface area contributed by atoms with Crippen molar-refractivity contribution in [2.75, 3.05) is 12.8 Å². The number of methoxy groups -OCH3 is 1. The van der Waals surface area contributed by atoms with Crippen LogP contribution in [0, 0.1) is 5.41 Å². The van der Waals surface area contributed by atoms with Crippen molar-refractivity contribution in [3.63, 3.8) is 0 Å². The van der Waals surface area contributed by atoms with E-state index in [9.17, 15) is 4.79 Å². The Labute approximate surface area is 118 Å². The van der Waals surface area contributed by atoms with Crippen molar-refractivity contribution >= 4 is 11.7 Å². The summed E-state index contributed by atoms with van der Waals surface area (Å²) in [6.07, 6.45) is 3.69. The van der Waals surface area contributed by atoms with E-state index in [4.69, 9.17) is 10.5 Å². The molecule has 1 aromatic carbocycles. The smallest absolute Gasteiger partial charge is 0.313 e. The molecule has 2 rings (SSSR count). The number of carbonyl (C=O) groups excluding carboxylic acids is 1. The predicted octanol–water partition coefficient (Wildman–Crippen LogP) is 2.33. The summed E-state index contributed by atoms with van der Waals surface area (Å²) in [6, 6.07) is 7.60. The standard InChI is InChI=1S/C15H19N3O2/c1-15(2,14(19)20-3)10-18-9-12(8-17-18)11-4-6-13(16)7-5-11/h4-9H,10,16H2,1-3H3. The van der Waals surface area contributed by atoms with Gasteiger partial charge in [-0.1, -0.05) is 12.1 Å². The highest BCUT2D eigenvalue weighted by atomic mass is 16.5. The van der Waals surface area contributed by atoms with Crippen LogP contribution in [0.1, 0.15) is 13.8 Å². The molecule has 0 aliphatic carbocycles. The minimum absolute atomic E-state index is 0.248. The van der Waals surface area contributed by atoms with E-state index in [2.05, 4.69) is 5.10 Å². The normalized spacial score (nSPS) is 11.3. The molecular weight excluding hydrogens is 254 g/mol. The number of benzene rings is 1. The van der Waals surface area contributed by atoms with Gasteiger partial charge in [-0.2, -0.15) is 5.10 Å². The Morgan fingerprint density at radius 2 is 1.95 bits per heavy atom. The lowest BCUT2D eigenvalue weighted by Crippen LogP contribution is -2.30. The second-order valence-corrected chi connectivity index (χ2v) is 5.42. The summed E-state index contributed by atoms with van der Waals surface area (Å²) in [5, 5.41) is 4.29. The van der Waals surface area contributed by atoms with E-state index in [1.807, 2.05) is 44.3 Å². The van der Waals surface area contributed by atoms with Crippen LogP contribution in [0.25, 0.3) is 11.1 Å². The van der Waals surface area contributed by atoms with Gasteiger partial charge < -0.3 is 10.5 Å². The van der Waals surface area contributed by atoms with Gasteiger partial charge >= 0.3 is 5.97 Å². The molecule has 0 aliphatic rings. The number of nitrogens with two attached hydrogens (primary N) is 1. The molecule has 0 spiro atoms. The summed E-state index contributed by atoms with van der Waals surface area (Å²) in [4.78, 5) is 11.7. The van der Waals surface area contributed by atoms with Crippen molar-refractivity contribution in [1.29, 1.82) is 0 Å². The Morgan fingerprint density at radius 3 is 2.55 bits per heavy atom. The highest BCUT2D eigenvalue weighted by Crippen LogP contribution is 2.23. The first-order valence-corrected chi connectivity index (χ1v) is 6.39. The summed E-state index contributed by atoms with van der Waals surface area (Å²) in [5.41, 5.74) is 7.82. The van der Waals surface area contributed by atoms with E-state index in [-0.39, 0.29) is 5.97 Å². The summed E-state index contributed by atoms with van der Waals surface area (Å²) in [7, 11) is 1.40. The predicted molar refractivity (Wildman–Crippen MR) is 77.9 cm³/mol. The number of ether oxygens (including phenoxy) is 1. The highest BCUT2D eigenvalue weighted by Gasteiger charge is 2.29. The summed E-state index contributed by atoms with van der Waals surface area (Å²) in [5.74, 6) is -0.248. The van der Waals surface area contributed by atoms with Gasteiger partial charge in [-0.15, -0.1) is 0 Å². The number of aromatic nitrogens is 2. The molecule has 0 bridgehead atoms. The number of anilines is 1. The molecule has 0 fully saturated rings. The lowest BCUT2D eigenvalue weighted by Gasteiger charge is -2.20. The van der Waals surface area contributed by atoms with Crippen LogP contribution in [0.3, 0.4) is 0 Å². The molecule has 2 aromatic rings. The Hall–Kier alpha value is -2.30. The number of hydrogen-bond donors (Lipinski definition) is 1. The second-order valence-electron chi connectivity index (χ2n) is 5.42. The Bertz CT molecular complexity index is 600. The highest BCUT2D eigenvalue weighted by molar-refractivity contribution is 5.75. The quantitative estimate of drug-likeness (QED) is 0.685. The molecule has 5 heteroatoms. The Kier molecular flexibility index (Phi) is 3.79. The van der Waals surface area contributed by atoms with Gasteiger partial charge in [-0.05, 0) is 31.5 Å². The molecule has 5 nitrogen and oxygen atoms in total. The summed E-state index contributed by atoms with van der Waals surface area (Å²) < 4.78 is 6.55. The Morgan fingerprint density at radius 1 is 1.30 bits per heavy atom. The first kappa shape index (κ1) is 14.1. The molecule has 0 atom stereocenters. The maximum absolute atomic E-state index is 11.7. The molecular formula is C15H19N3O2. The average molecular weight is 273 g/mol. The molecule has 0 unspecified atom stereocenters. The minimum atomic E-state index is -0.612. The third-order valence-electron chi connectivity index (χ3n) is 3.17. The largest absolute Gasteiger partial charge is 0.469 e. The molecule has 1 aromatic heterocycles. The monoisotopic (exact) mass is 273 g/mol. The van der Waals surface area contributed by atoms with Crippen molar-refractivity contribution in [3.05, 3.63) is 36.7 Å². The van der Waals surface area contributed by atoms with E-state index in [0.29, 0.717) is 6.54 Å². The zero-order valence-corrected chi connectivity index (χ0v) is 12.0. The Balaban J connectivity index is 2.17. The van der Waals surface area contributed by atoms with Crippen molar-refractivity contribution in [1.82, 2.24) is 9.78 Å². The van der Waals surface area contributed by atoms with Crippen molar-refractivity contribution in [2.24, 2.45) is 5.41 Å². The number of esters is 1. The molecule has 106 valence electrons. The number of carbonyl (C=O) groups is 1. The van der Waals surface area contributed by atoms with Gasteiger partial charge in [0.05, 0.1) is 25.3 Å². The zero-order valence-electron chi connectivity index (χ0n) is 12.0. The van der Waals surface area contributed by atoms with E-state index in [1.54, 1.807) is 10.9 Å². The second kappa shape index (κ2) is 5.36. The van der Waals surface area contributed by atoms with Crippen molar-refractivity contribution in [2.45, 2.75) is 20.4 Å². The van der Waals surface area contributed by atoms with Crippen LogP contribution < -0.4 is 5.73 Å².